The van der Waals surface area contributed by atoms with Gasteiger partial charge in [-0.25, -0.2) is 15.0 Å². The fraction of sp³-hybridized carbons (Fsp3) is 0.688. The van der Waals surface area contributed by atoms with Crippen molar-refractivity contribution in [1.82, 2.24) is 19.5 Å². The van der Waals surface area contributed by atoms with Crippen LogP contribution in [0, 0.1) is 5.92 Å². The number of anilines is 1. The first-order valence-corrected chi connectivity index (χ1v) is 8.25. The monoisotopic (exact) mass is 303 g/mol. The van der Waals surface area contributed by atoms with Gasteiger partial charge in [0, 0.05) is 6.04 Å². The summed E-state index contributed by atoms with van der Waals surface area (Å²) in [6.45, 7) is 4.69. The van der Waals surface area contributed by atoms with Gasteiger partial charge in [0.15, 0.2) is 11.5 Å². The predicted molar refractivity (Wildman–Crippen MR) is 86.7 cm³/mol. The van der Waals surface area contributed by atoms with E-state index in [1.807, 2.05) is 4.57 Å². The molecule has 1 aliphatic rings. The second kappa shape index (κ2) is 6.60. The van der Waals surface area contributed by atoms with E-state index in [0.717, 1.165) is 29.8 Å². The van der Waals surface area contributed by atoms with Crippen LogP contribution in [0.5, 0.6) is 0 Å². The fourth-order valence-corrected chi connectivity index (χ4v) is 3.26. The summed E-state index contributed by atoms with van der Waals surface area (Å²) in [5.74, 6) is 1.16. The number of aliphatic hydroxyl groups excluding tert-OH is 1. The quantitative estimate of drug-likeness (QED) is 0.888. The van der Waals surface area contributed by atoms with Crippen LogP contribution in [-0.2, 0) is 6.54 Å². The summed E-state index contributed by atoms with van der Waals surface area (Å²) < 4.78 is 1.95. The van der Waals surface area contributed by atoms with Gasteiger partial charge in [-0.05, 0) is 32.6 Å². The third-order valence-electron chi connectivity index (χ3n) is 4.40. The van der Waals surface area contributed by atoms with Gasteiger partial charge in [0.05, 0.1) is 19.0 Å². The van der Waals surface area contributed by atoms with E-state index in [0.29, 0.717) is 12.5 Å². The van der Waals surface area contributed by atoms with Crippen molar-refractivity contribution in [1.29, 1.82) is 0 Å². The molecule has 3 rings (SSSR count). The van der Waals surface area contributed by atoms with E-state index >= 15 is 0 Å². The van der Waals surface area contributed by atoms with Crippen molar-refractivity contribution in [3.63, 3.8) is 0 Å². The number of imidazole rings is 1. The van der Waals surface area contributed by atoms with Gasteiger partial charge < -0.3 is 15.0 Å². The second-order valence-electron chi connectivity index (χ2n) is 6.56. The molecule has 0 spiro atoms. The van der Waals surface area contributed by atoms with Crippen molar-refractivity contribution in [3.05, 3.63) is 12.7 Å². The average Bonchev–Trinajstić information content (AvgIpc) is 2.92. The molecule has 6 nitrogen and oxygen atoms in total. The Balaban J connectivity index is 1.79. The van der Waals surface area contributed by atoms with Gasteiger partial charge in [-0.15, -0.1) is 0 Å². The van der Waals surface area contributed by atoms with Crippen LogP contribution in [0.2, 0.25) is 0 Å². The molecule has 2 aromatic rings. The van der Waals surface area contributed by atoms with E-state index < -0.39 is 0 Å². The number of aliphatic hydroxyl groups is 1. The molecular weight excluding hydrogens is 278 g/mol. The Morgan fingerprint density at radius 2 is 2.00 bits per heavy atom. The Morgan fingerprint density at radius 3 is 2.73 bits per heavy atom. The highest BCUT2D eigenvalue weighted by Gasteiger charge is 2.23. The Kier molecular flexibility index (Phi) is 4.57. The number of hydrogen-bond donors (Lipinski definition) is 2. The molecule has 1 unspecified atom stereocenters. The van der Waals surface area contributed by atoms with E-state index in [9.17, 15) is 5.11 Å². The molecule has 0 aliphatic heterocycles. The lowest BCUT2D eigenvalue weighted by Crippen LogP contribution is -2.27. The molecule has 1 aliphatic carbocycles. The van der Waals surface area contributed by atoms with Gasteiger partial charge in [-0.1, -0.05) is 19.3 Å². The standard InChI is InChI=1S/C16H25N5O/c1-11(2)20-15-14-16(18-9-17-15)21(10-19-14)8-13(22)12-6-4-3-5-7-12/h9-13,22H,3-8H2,1-2H3,(H,17,18,20). The number of nitrogens with zero attached hydrogens (tertiary/aromatic N) is 4. The van der Waals surface area contributed by atoms with E-state index in [2.05, 4.69) is 34.1 Å². The third kappa shape index (κ3) is 3.21. The Labute approximate surface area is 131 Å². The molecule has 0 bridgehead atoms. The molecule has 0 saturated heterocycles. The lowest BCUT2D eigenvalue weighted by Gasteiger charge is -2.26. The predicted octanol–water partition coefficient (Wildman–Crippen LogP) is 2.59. The van der Waals surface area contributed by atoms with E-state index in [4.69, 9.17) is 0 Å². The topological polar surface area (TPSA) is 75.9 Å². The average molecular weight is 303 g/mol. The van der Waals surface area contributed by atoms with Crippen molar-refractivity contribution in [2.75, 3.05) is 5.32 Å². The second-order valence-corrected chi connectivity index (χ2v) is 6.56. The zero-order chi connectivity index (χ0) is 15.5. The lowest BCUT2D eigenvalue weighted by atomic mass is 9.85. The normalized spacial score (nSPS) is 18.0. The lowest BCUT2D eigenvalue weighted by molar-refractivity contribution is 0.0704. The maximum Gasteiger partial charge on any atom is 0.165 e. The minimum absolute atomic E-state index is 0.288. The van der Waals surface area contributed by atoms with Crippen LogP contribution in [0.4, 0.5) is 5.82 Å². The van der Waals surface area contributed by atoms with Crippen LogP contribution in [0.25, 0.3) is 11.2 Å². The molecule has 2 N–H and O–H groups in total. The van der Waals surface area contributed by atoms with Gasteiger partial charge in [0.25, 0.3) is 0 Å². The summed E-state index contributed by atoms with van der Waals surface area (Å²) in [4.78, 5) is 13.0. The Morgan fingerprint density at radius 1 is 1.23 bits per heavy atom. The van der Waals surface area contributed by atoms with Gasteiger partial charge in [-0.2, -0.15) is 0 Å². The fourth-order valence-electron chi connectivity index (χ4n) is 3.26. The van der Waals surface area contributed by atoms with Crippen LogP contribution >= 0.6 is 0 Å². The maximum atomic E-state index is 10.5. The maximum absolute atomic E-state index is 10.5. The van der Waals surface area contributed by atoms with E-state index in [1.54, 1.807) is 12.7 Å². The zero-order valence-electron chi connectivity index (χ0n) is 13.4. The molecule has 2 heterocycles. The summed E-state index contributed by atoms with van der Waals surface area (Å²) in [5, 5.41) is 13.8. The number of aromatic nitrogens is 4. The molecular formula is C16H25N5O. The molecule has 1 saturated carbocycles. The van der Waals surface area contributed by atoms with Crippen molar-refractivity contribution >= 4 is 17.0 Å². The number of nitrogens with one attached hydrogen (secondary N) is 1. The minimum atomic E-state index is -0.325. The molecule has 1 atom stereocenters. The highest BCUT2D eigenvalue weighted by atomic mass is 16.3. The van der Waals surface area contributed by atoms with Gasteiger partial charge in [0.1, 0.15) is 11.8 Å². The van der Waals surface area contributed by atoms with Crippen molar-refractivity contribution in [2.45, 2.75) is 64.6 Å². The first kappa shape index (κ1) is 15.2. The molecule has 22 heavy (non-hydrogen) atoms. The first-order chi connectivity index (χ1) is 10.6. The molecule has 0 amide bonds. The van der Waals surface area contributed by atoms with E-state index in [-0.39, 0.29) is 12.1 Å². The molecule has 0 radical (unpaired) electrons. The Bertz CT molecular complexity index is 618. The van der Waals surface area contributed by atoms with Gasteiger partial charge in [-0.3, -0.25) is 0 Å². The smallest absolute Gasteiger partial charge is 0.165 e. The third-order valence-corrected chi connectivity index (χ3v) is 4.40. The van der Waals surface area contributed by atoms with E-state index in [1.165, 1.54) is 19.3 Å². The SMILES string of the molecule is CC(C)Nc1ncnc2c1ncn2CC(O)C1CCCCC1. The van der Waals surface area contributed by atoms with Gasteiger partial charge >= 0.3 is 0 Å². The van der Waals surface area contributed by atoms with Crippen molar-refractivity contribution in [2.24, 2.45) is 5.92 Å². The molecule has 6 heteroatoms. The minimum Gasteiger partial charge on any atom is -0.391 e. The molecule has 0 aromatic carbocycles. The summed E-state index contributed by atoms with van der Waals surface area (Å²) in [6, 6.07) is 0.288. The molecule has 120 valence electrons. The van der Waals surface area contributed by atoms with Crippen molar-refractivity contribution < 1.29 is 5.11 Å². The van der Waals surface area contributed by atoms with Crippen LogP contribution < -0.4 is 5.32 Å². The highest BCUT2D eigenvalue weighted by molar-refractivity contribution is 5.82. The summed E-state index contributed by atoms with van der Waals surface area (Å²) in [5.41, 5.74) is 1.56. The largest absolute Gasteiger partial charge is 0.391 e. The van der Waals surface area contributed by atoms with Crippen LogP contribution in [0.15, 0.2) is 12.7 Å². The highest BCUT2D eigenvalue weighted by Crippen LogP contribution is 2.28. The zero-order valence-corrected chi connectivity index (χ0v) is 13.4. The van der Waals surface area contributed by atoms with Crippen LogP contribution in [0.3, 0.4) is 0 Å². The Hall–Kier alpha value is -1.69. The summed E-state index contributed by atoms with van der Waals surface area (Å²) >= 11 is 0. The number of fused-ring (bicyclic) bond motifs is 1. The van der Waals surface area contributed by atoms with Crippen LogP contribution in [0.1, 0.15) is 46.0 Å². The number of hydrogen-bond acceptors (Lipinski definition) is 5. The van der Waals surface area contributed by atoms with Crippen LogP contribution in [-0.4, -0.2) is 36.8 Å². The first-order valence-electron chi connectivity index (χ1n) is 8.25. The molecule has 1 fully saturated rings. The summed E-state index contributed by atoms with van der Waals surface area (Å²) in [7, 11) is 0. The van der Waals surface area contributed by atoms with Crippen molar-refractivity contribution in [3.8, 4) is 0 Å². The molecule has 2 aromatic heterocycles. The summed E-state index contributed by atoms with van der Waals surface area (Å²) in [6.07, 6.45) is 9.01. The number of rotatable bonds is 5. The van der Waals surface area contributed by atoms with Gasteiger partial charge in [0.2, 0.25) is 0 Å².